The zero-order valence-corrected chi connectivity index (χ0v) is 11.5. The summed E-state index contributed by atoms with van der Waals surface area (Å²) in [6, 6.07) is 9.80. The predicted octanol–water partition coefficient (Wildman–Crippen LogP) is 4.24. The molecule has 0 bridgehead atoms. The Balaban J connectivity index is 1.99. The zero-order valence-electron chi connectivity index (χ0n) is 10.0. The highest BCUT2D eigenvalue weighted by Gasteiger charge is 2.06. The smallest absolute Gasteiger partial charge is 0.0465 e. The first-order valence-corrected chi connectivity index (χ1v) is 6.49. The molecule has 1 aromatic carbocycles. The van der Waals surface area contributed by atoms with Gasteiger partial charge in [0.25, 0.3) is 0 Å². The first kappa shape index (κ1) is 13.3. The first-order valence-electron chi connectivity index (χ1n) is 5.74. The monoisotopic (exact) mass is 280 g/mol. The van der Waals surface area contributed by atoms with Gasteiger partial charge in [-0.2, -0.15) is 0 Å². The predicted molar refractivity (Wildman–Crippen MR) is 76.0 cm³/mol. The van der Waals surface area contributed by atoms with E-state index in [4.69, 9.17) is 23.2 Å². The molecular weight excluding hydrogens is 267 g/mol. The van der Waals surface area contributed by atoms with Crippen LogP contribution >= 0.6 is 23.2 Å². The fraction of sp³-hybridized carbons (Fsp3) is 0.214. The summed E-state index contributed by atoms with van der Waals surface area (Å²) in [6.45, 7) is 2.82. The molecule has 0 aliphatic heterocycles. The second-order valence-corrected chi connectivity index (χ2v) is 4.96. The van der Waals surface area contributed by atoms with Crippen LogP contribution in [0.2, 0.25) is 10.0 Å². The van der Waals surface area contributed by atoms with Gasteiger partial charge in [-0.05, 0) is 42.3 Å². The van der Waals surface area contributed by atoms with Gasteiger partial charge in [0.15, 0.2) is 0 Å². The number of nitrogens with one attached hydrogen (secondary N) is 1. The van der Waals surface area contributed by atoms with Gasteiger partial charge in [-0.15, -0.1) is 0 Å². The Labute approximate surface area is 117 Å². The van der Waals surface area contributed by atoms with E-state index in [0.29, 0.717) is 16.6 Å². The Morgan fingerprint density at radius 1 is 1.17 bits per heavy atom. The fourth-order valence-corrected chi connectivity index (χ4v) is 2.17. The van der Waals surface area contributed by atoms with Gasteiger partial charge in [-0.25, -0.2) is 0 Å². The van der Waals surface area contributed by atoms with Crippen LogP contribution in [0.1, 0.15) is 24.1 Å². The zero-order chi connectivity index (χ0) is 13.0. The van der Waals surface area contributed by atoms with Crippen LogP contribution in [0.15, 0.2) is 42.7 Å². The van der Waals surface area contributed by atoms with Crippen molar-refractivity contribution in [2.24, 2.45) is 0 Å². The molecule has 2 nitrogen and oxygen atoms in total. The van der Waals surface area contributed by atoms with Gasteiger partial charge < -0.3 is 5.32 Å². The van der Waals surface area contributed by atoms with E-state index in [-0.39, 0.29) is 6.04 Å². The average Bonchev–Trinajstić information content (AvgIpc) is 2.38. The molecule has 0 saturated carbocycles. The molecule has 0 radical (unpaired) electrons. The van der Waals surface area contributed by atoms with Gasteiger partial charge in [-0.1, -0.05) is 29.3 Å². The van der Waals surface area contributed by atoms with Crippen LogP contribution < -0.4 is 5.32 Å². The summed E-state index contributed by atoms with van der Waals surface area (Å²) in [5, 5.41) is 4.77. The maximum absolute atomic E-state index is 6.12. The second-order valence-electron chi connectivity index (χ2n) is 4.12. The minimum absolute atomic E-state index is 0.250. The molecule has 0 unspecified atom stereocenters. The maximum Gasteiger partial charge on any atom is 0.0465 e. The molecule has 94 valence electrons. The largest absolute Gasteiger partial charge is 0.306 e. The van der Waals surface area contributed by atoms with Crippen molar-refractivity contribution >= 4 is 23.2 Å². The van der Waals surface area contributed by atoms with E-state index in [2.05, 4.69) is 17.2 Å². The van der Waals surface area contributed by atoms with Crippen molar-refractivity contribution < 1.29 is 0 Å². The molecule has 0 aliphatic carbocycles. The third-order valence-corrected chi connectivity index (χ3v) is 3.41. The van der Waals surface area contributed by atoms with E-state index in [1.165, 1.54) is 5.56 Å². The van der Waals surface area contributed by atoms with Crippen molar-refractivity contribution in [3.8, 4) is 0 Å². The number of aromatic nitrogens is 1. The van der Waals surface area contributed by atoms with Crippen molar-refractivity contribution in [3.05, 3.63) is 63.9 Å². The third-order valence-electron chi connectivity index (χ3n) is 2.82. The minimum atomic E-state index is 0.250. The maximum atomic E-state index is 6.12. The minimum Gasteiger partial charge on any atom is -0.306 e. The molecule has 4 heteroatoms. The molecule has 0 spiro atoms. The summed E-state index contributed by atoms with van der Waals surface area (Å²) in [5.74, 6) is 0. The summed E-state index contributed by atoms with van der Waals surface area (Å²) in [6.07, 6.45) is 3.59. The van der Waals surface area contributed by atoms with Crippen molar-refractivity contribution in [2.75, 3.05) is 0 Å². The van der Waals surface area contributed by atoms with Crippen LogP contribution in [-0.4, -0.2) is 4.98 Å². The normalized spacial score (nSPS) is 12.4. The number of rotatable bonds is 4. The van der Waals surface area contributed by atoms with Gasteiger partial charge in [0.05, 0.1) is 0 Å². The molecular formula is C14H14Cl2N2. The Morgan fingerprint density at radius 3 is 2.56 bits per heavy atom. The van der Waals surface area contributed by atoms with Crippen LogP contribution in [0.25, 0.3) is 0 Å². The number of hydrogen-bond acceptors (Lipinski definition) is 2. The van der Waals surface area contributed by atoms with Crippen LogP contribution in [0.4, 0.5) is 0 Å². The summed E-state index contributed by atoms with van der Waals surface area (Å²) >= 11 is 12.0. The Morgan fingerprint density at radius 2 is 1.89 bits per heavy atom. The average molecular weight is 281 g/mol. The summed E-state index contributed by atoms with van der Waals surface area (Å²) < 4.78 is 0. The van der Waals surface area contributed by atoms with E-state index in [0.717, 1.165) is 5.56 Å². The summed E-state index contributed by atoms with van der Waals surface area (Å²) in [4.78, 5) is 4.01. The van der Waals surface area contributed by atoms with Gasteiger partial charge in [-0.3, -0.25) is 4.98 Å². The van der Waals surface area contributed by atoms with Crippen LogP contribution in [0.3, 0.4) is 0 Å². The molecule has 2 rings (SSSR count). The van der Waals surface area contributed by atoms with Gasteiger partial charge in [0, 0.05) is 35.0 Å². The molecule has 0 amide bonds. The van der Waals surface area contributed by atoms with E-state index in [9.17, 15) is 0 Å². The summed E-state index contributed by atoms with van der Waals surface area (Å²) in [7, 11) is 0. The molecule has 18 heavy (non-hydrogen) atoms. The lowest BCUT2D eigenvalue weighted by molar-refractivity contribution is 0.574. The molecule has 1 aromatic heterocycles. The van der Waals surface area contributed by atoms with Crippen molar-refractivity contribution in [1.82, 2.24) is 10.3 Å². The molecule has 1 atom stereocenters. The number of benzene rings is 1. The first-order chi connectivity index (χ1) is 8.66. The molecule has 1 heterocycles. The molecule has 0 fully saturated rings. The number of pyridine rings is 1. The quantitative estimate of drug-likeness (QED) is 0.906. The number of hydrogen-bond donors (Lipinski definition) is 1. The lowest BCUT2D eigenvalue weighted by Crippen LogP contribution is -2.18. The van der Waals surface area contributed by atoms with E-state index < -0.39 is 0 Å². The lowest BCUT2D eigenvalue weighted by Gasteiger charge is -2.14. The Bertz CT molecular complexity index is 514. The Hall–Kier alpha value is -1.09. The van der Waals surface area contributed by atoms with Crippen LogP contribution in [-0.2, 0) is 6.54 Å². The van der Waals surface area contributed by atoms with Gasteiger partial charge in [0.1, 0.15) is 0 Å². The van der Waals surface area contributed by atoms with Gasteiger partial charge >= 0.3 is 0 Å². The van der Waals surface area contributed by atoms with Crippen LogP contribution in [0, 0.1) is 0 Å². The van der Waals surface area contributed by atoms with E-state index >= 15 is 0 Å². The van der Waals surface area contributed by atoms with Crippen LogP contribution in [0.5, 0.6) is 0 Å². The fourth-order valence-electron chi connectivity index (χ4n) is 1.70. The van der Waals surface area contributed by atoms with Crippen molar-refractivity contribution in [3.63, 3.8) is 0 Å². The van der Waals surface area contributed by atoms with E-state index in [1.807, 2.05) is 24.3 Å². The third kappa shape index (κ3) is 3.45. The number of nitrogens with zero attached hydrogens (tertiary/aromatic N) is 1. The summed E-state index contributed by atoms with van der Waals surface area (Å²) in [5.41, 5.74) is 2.25. The number of halogens is 2. The highest BCUT2D eigenvalue weighted by molar-refractivity contribution is 6.35. The molecule has 0 saturated heterocycles. The molecule has 1 N–H and O–H groups in total. The van der Waals surface area contributed by atoms with Crippen molar-refractivity contribution in [2.45, 2.75) is 19.5 Å². The highest BCUT2D eigenvalue weighted by atomic mass is 35.5. The topological polar surface area (TPSA) is 24.9 Å². The molecule has 0 aliphatic rings. The lowest BCUT2D eigenvalue weighted by atomic mass is 10.1. The molecule has 2 aromatic rings. The Kier molecular flexibility index (Phi) is 4.59. The van der Waals surface area contributed by atoms with E-state index in [1.54, 1.807) is 18.5 Å². The standard InChI is InChI=1S/C14H14Cl2N2/c1-10(11-4-6-17-7-5-11)18-9-12-2-3-13(15)8-14(12)16/h2-8,10,18H,9H2,1H3/t10-/m1/s1. The van der Waals surface area contributed by atoms with Crippen molar-refractivity contribution in [1.29, 1.82) is 0 Å². The van der Waals surface area contributed by atoms with Gasteiger partial charge in [0.2, 0.25) is 0 Å². The SMILES string of the molecule is C[C@@H](NCc1ccc(Cl)cc1Cl)c1ccncc1. The second kappa shape index (κ2) is 6.19. The highest BCUT2D eigenvalue weighted by Crippen LogP contribution is 2.21.